The molecule has 0 aliphatic heterocycles. The normalized spacial score (nSPS) is 10.8. The summed E-state index contributed by atoms with van der Waals surface area (Å²) in [5.74, 6) is -0.745. The fourth-order valence-electron chi connectivity index (χ4n) is 1.91. The average molecular weight is 396 g/mol. The van der Waals surface area contributed by atoms with E-state index < -0.39 is 11.9 Å². The fraction of sp³-hybridized carbons (Fsp3) is 0.111. The van der Waals surface area contributed by atoms with Gasteiger partial charge in [-0.1, -0.05) is 35.3 Å². The smallest absolute Gasteiger partial charge is 0.354 e. The number of anilines is 1. The van der Waals surface area contributed by atoms with Gasteiger partial charge in [0.15, 0.2) is 5.75 Å². The Hall–Kier alpha value is -2.70. The predicted octanol–water partition coefficient (Wildman–Crippen LogP) is 4.43. The van der Waals surface area contributed by atoms with Crippen LogP contribution in [0.3, 0.4) is 0 Å². The van der Waals surface area contributed by atoms with Gasteiger partial charge in [0.05, 0.1) is 31.0 Å². The highest BCUT2D eigenvalue weighted by Crippen LogP contribution is 2.35. The van der Waals surface area contributed by atoms with E-state index in [1.807, 2.05) is 0 Å². The third kappa shape index (κ3) is 5.15. The topological polar surface area (TPSA) is 73.9 Å². The monoisotopic (exact) mass is 395 g/mol. The minimum Gasteiger partial charge on any atom is -0.466 e. The van der Waals surface area contributed by atoms with Gasteiger partial charge in [-0.2, -0.15) is 0 Å². The van der Waals surface area contributed by atoms with E-state index in [2.05, 4.69) is 14.8 Å². The van der Waals surface area contributed by atoms with Crippen LogP contribution in [-0.2, 0) is 19.1 Å². The molecule has 6 nitrogen and oxygen atoms in total. The first-order valence-corrected chi connectivity index (χ1v) is 8.07. The number of hydrogen-bond donors (Lipinski definition) is 1. The number of carbonyl (C=O) groups excluding carboxylic acids is 2. The number of methoxy groups -OCH3 is 2. The fourth-order valence-corrected chi connectivity index (χ4v) is 2.26. The number of ether oxygens (including phenoxy) is 3. The van der Waals surface area contributed by atoms with Gasteiger partial charge in [0.25, 0.3) is 0 Å². The number of benzene rings is 2. The van der Waals surface area contributed by atoms with Crippen molar-refractivity contribution in [3.05, 3.63) is 64.3 Å². The third-order valence-corrected chi connectivity index (χ3v) is 3.68. The first kappa shape index (κ1) is 19.6. The number of para-hydroxylation sites is 1. The van der Waals surface area contributed by atoms with Gasteiger partial charge in [-0.05, 0) is 30.3 Å². The van der Waals surface area contributed by atoms with E-state index in [9.17, 15) is 9.59 Å². The maximum absolute atomic E-state index is 11.9. The van der Waals surface area contributed by atoms with E-state index in [1.54, 1.807) is 36.4 Å². The SMILES string of the molecule is COC(=O)/C=C(/Nc1cc(Cl)ccc1Oc1ccccc1Cl)C(=O)OC. The molecule has 136 valence electrons. The summed E-state index contributed by atoms with van der Waals surface area (Å²) < 4.78 is 15.0. The molecule has 0 atom stereocenters. The van der Waals surface area contributed by atoms with Crippen molar-refractivity contribution >= 4 is 40.8 Å². The third-order valence-electron chi connectivity index (χ3n) is 3.14. The van der Waals surface area contributed by atoms with Crippen LogP contribution in [0, 0.1) is 0 Å². The molecular formula is C18H15Cl2NO5. The quantitative estimate of drug-likeness (QED) is 0.575. The summed E-state index contributed by atoms with van der Waals surface area (Å²) >= 11 is 12.1. The van der Waals surface area contributed by atoms with Gasteiger partial charge in [0.2, 0.25) is 0 Å². The van der Waals surface area contributed by atoms with Crippen LogP contribution in [0.25, 0.3) is 0 Å². The highest BCUT2D eigenvalue weighted by atomic mass is 35.5. The van der Waals surface area contributed by atoms with Gasteiger partial charge >= 0.3 is 11.9 Å². The molecule has 8 heteroatoms. The van der Waals surface area contributed by atoms with E-state index in [4.69, 9.17) is 27.9 Å². The lowest BCUT2D eigenvalue weighted by molar-refractivity contribution is -0.138. The second kappa shape index (κ2) is 9.12. The Balaban J connectivity index is 2.39. The van der Waals surface area contributed by atoms with Crippen molar-refractivity contribution in [2.24, 2.45) is 0 Å². The van der Waals surface area contributed by atoms with Crippen LogP contribution in [0.15, 0.2) is 54.2 Å². The predicted molar refractivity (Wildman–Crippen MR) is 98.7 cm³/mol. The summed E-state index contributed by atoms with van der Waals surface area (Å²) in [5, 5.41) is 3.58. The van der Waals surface area contributed by atoms with Crippen molar-refractivity contribution in [3.63, 3.8) is 0 Å². The highest BCUT2D eigenvalue weighted by Gasteiger charge is 2.16. The molecule has 0 bridgehead atoms. The maximum Gasteiger partial charge on any atom is 0.354 e. The molecule has 0 fully saturated rings. The van der Waals surface area contributed by atoms with Gasteiger partial charge in [-0.15, -0.1) is 0 Å². The molecule has 0 saturated heterocycles. The molecule has 0 aliphatic carbocycles. The van der Waals surface area contributed by atoms with Crippen LogP contribution in [0.1, 0.15) is 0 Å². The number of rotatable bonds is 6. The van der Waals surface area contributed by atoms with Crippen LogP contribution >= 0.6 is 23.2 Å². The number of carbonyl (C=O) groups is 2. The maximum atomic E-state index is 11.9. The molecule has 0 aliphatic rings. The zero-order valence-corrected chi connectivity index (χ0v) is 15.4. The lowest BCUT2D eigenvalue weighted by atomic mass is 10.2. The van der Waals surface area contributed by atoms with E-state index in [0.717, 1.165) is 6.08 Å². The highest BCUT2D eigenvalue weighted by molar-refractivity contribution is 6.32. The Bertz CT molecular complexity index is 851. The molecule has 26 heavy (non-hydrogen) atoms. The van der Waals surface area contributed by atoms with Gasteiger partial charge in [0, 0.05) is 5.02 Å². The largest absolute Gasteiger partial charge is 0.466 e. The second-order valence-electron chi connectivity index (χ2n) is 4.87. The summed E-state index contributed by atoms with van der Waals surface area (Å²) in [5.41, 5.74) is 0.184. The molecule has 2 rings (SSSR count). The first-order chi connectivity index (χ1) is 12.4. The number of esters is 2. The van der Waals surface area contributed by atoms with Crippen molar-refractivity contribution in [2.75, 3.05) is 19.5 Å². The van der Waals surface area contributed by atoms with Crippen LogP contribution < -0.4 is 10.1 Å². The van der Waals surface area contributed by atoms with Crippen LogP contribution in [0.5, 0.6) is 11.5 Å². The Morgan fingerprint density at radius 2 is 1.73 bits per heavy atom. The lowest BCUT2D eigenvalue weighted by Crippen LogP contribution is -2.15. The molecule has 2 aromatic carbocycles. The molecule has 0 amide bonds. The van der Waals surface area contributed by atoms with E-state index in [-0.39, 0.29) is 5.70 Å². The molecular weight excluding hydrogens is 381 g/mol. The molecule has 0 saturated carbocycles. The number of hydrogen-bond acceptors (Lipinski definition) is 6. The zero-order chi connectivity index (χ0) is 19.1. The van der Waals surface area contributed by atoms with Crippen molar-refractivity contribution in [2.45, 2.75) is 0 Å². The van der Waals surface area contributed by atoms with Crippen LogP contribution in [-0.4, -0.2) is 26.2 Å². The van der Waals surface area contributed by atoms with Crippen molar-refractivity contribution in [1.29, 1.82) is 0 Å². The van der Waals surface area contributed by atoms with Crippen LogP contribution in [0.2, 0.25) is 10.0 Å². The summed E-state index contributed by atoms with van der Waals surface area (Å²) in [6.07, 6.45) is 0.964. The zero-order valence-electron chi connectivity index (χ0n) is 13.9. The van der Waals surface area contributed by atoms with E-state index in [1.165, 1.54) is 20.3 Å². The summed E-state index contributed by atoms with van der Waals surface area (Å²) in [6, 6.07) is 11.6. The summed E-state index contributed by atoms with van der Waals surface area (Å²) in [6.45, 7) is 0. The molecule has 0 spiro atoms. The van der Waals surface area contributed by atoms with Crippen molar-refractivity contribution in [1.82, 2.24) is 0 Å². The molecule has 1 N–H and O–H groups in total. The Labute approximate surface area is 160 Å². The standard InChI is InChI=1S/C18H15Cl2NO5/c1-24-17(22)10-14(18(23)25-2)21-13-9-11(19)7-8-16(13)26-15-6-4-3-5-12(15)20/h3-10,21H,1-2H3/b14-10+. The van der Waals surface area contributed by atoms with Gasteiger partial charge < -0.3 is 19.5 Å². The van der Waals surface area contributed by atoms with E-state index >= 15 is 0 Å². The minimum atomic E-state index is -0.765. The van der Waals surface area contributed by atoms with Gasteiger partial charge in [-0.3, -0.25) is 0 Å². The van der Waals surface area contributed by atoms with Gasteiger partial charge in [-0.25, -0.2) is 9.59 Å². The summed E-state index contributed by atoms with van der Waals surface area (Å²) in [4.78, 5) is 23.4. The minimum absolute atomic E-state index is 0.148. The van der Waals surface area contributed by atoms with Crippen molar-refractivity contribution < 1.29 is 23.8 Å². The summed E-state index contributed by atoms with van der Waals surface area (Å²) in [7, 11) is 2.38. The molecule has 0 unspecified atom stereocenters. The lowest BCUT2D eigenvalue weighted by Gasteiger charge is -2.15. The Morgan fingerprint density at radius 3 is 2.38 bits per heavy atom. The Morgan fingerprint density at radius 1 is 1.00 bits per heavy atom. The number of halogens is 2. The van der Waals surface area contributed by atoms with Crippen LogP contribution in [0.4, 0.5) is 5.69 Å². The van der Waals surface area contributed by atoms with Crippen molar-refractivity contribution in [3.8, 4) is 11.5 Å². The molecule has 0 radical (unpaired) electrons. The molecule has 0 aromatic heterocycles. The average Bonchev–Trinajstić information content (AvgIpc) is 2.64. The number of nitrogens with one attached hydrogen (secondary N) is 1. The Kier molecular flexibility index (Phi) is 6.89. The molecule has 0 heterocycles. The first-order valence-electron chi connectivity index (χ1n) is 7.31. The molecule has 2 aromatic rings. The van der Waals surface area contributed by atoms with Gasteiger partial charge in [0.1, 0.15) is 11.4 Å². The van der Waals surface area contributed by atoms with E-state index in [0.29, 0.717) is 27.2 Å². The second-order valence-corrected chi connectivity index (χ2v) is 5.71.